The Bertz CT molecular complexity index is 1280. The van der Waals surface area contributed by atoms with Crippen molar-refractivity contribution >= 4 is 35.2 Å². The number of nitro benzene ring substituents is 1. The first-order valence-electron chi connectivity index (χ1n) is 15.2. The maximum atomic E-state index is 13.1. The first-order chi connectivity index (χ1) is 21.1. The van der Waals surface area contributed by atoms with Crippen molar-refractivity contribution in [2.75, 3.05) is 7.11 Å². The van der Waals surface area contributed by atoms with Gasteiger partial charge in [-0.2, -0.15) is 0 Å². The van der Waals surface area contributed by atoms with Crippen LogP contribution in [0, 0.1) is 16.0 Å². The highest BCUT2D eigenvalue weighted by atomic mass is 35.5. The number of nitrogens with zero attached hydrogens (tertiary/aromatic N) is 1. The normalized spacial score (nSPS) is 20.3. The average Bonchev–Trinajstić information content (AvgIpc) is 3.31. The minimum Gasteiger partial charge on any atom is -0.469 e. The molecule has 5 atom stereocenters. The van der Waals surface area contributed by atoms with Crippen LogP contribution in [0.3, 0.4) is 0 Å². The highest BCUT2D eigenvalue weighted by Crippen LogP contribution is 2.46. The number of nitro groups is 1. The van der Waals surface area contributed by atoms with Crippen LogP contribution < -0.4 is 0 Å². The van der Waals surface area contributed by atoms with E-state index in [1.54, 1.807) is 0 Å². The summed E-state index contributed by atoms with van der Waals surface area (Å²) in [5, 5.41) is 10.8. The standard InChI is InChI=1S/C34H42ClNO8/c1-4-5-8-12-30(43-23(2)37)24-14-16-25(17-15-24)33-28(11-9-6-7-10-13-32(38)42-3)29(35)22-31(33)44-34(39)26-18-20-27(21-19-26)36(40)41/h6,9,14-21,28-31,33H,4-5,7-8,10-13,22H2,1-3H3/t28-,29+,30?,31-,33+/m0/s1. The Morgan fingerprint density at radius 1 is 1.05 bits per heavy atom. The molecule has 10 heteroatoms. The summed E-state index contributed by atoms with van der Waals surface area (Å²) in [4.78, 5) is 46.8. The van der Waals surface area contributed by atoms with Gasteiger partial charge in [0.15, 0.2) is 0 Å². The lowest BCUT2D eigenvalue weighted by Gasteiger charge is -2.26. The van der Waals surface area contributed by atoms with E-state index in [1.807, 2.05) is 30.3 Å². The summed E-state index contributed by atoms with van der Waals surface area (Å²) in [5.41, 5.74) is 1.97. The Kier molecular flexibility index (Phi) is 13.9. The zero-order valence-corrected chi connectivity index (χ0v) is 26.4. The molecule has 9 nitrogen and oxygen atoms in total. The highest BCUT2D eigenvalue weighted by molar-refractivity contribution is 6.21. The van der Waals surface area contributed by atoms with Gasteiger partial charge in [0.05, 0.1) is 17.6 Å². The van der Waals surface area contributed by atoms with E-state index in [2.05, 4.69) is 13.0 Å². The maximum absolute atomic E-state index is 13.1. The van der Waals surface area contributed by atoms with Gasteiger partial charge in [-0.1, -0.05) is 56.2 Å². The third kappa shape index (κ3) is 10.2. The van der Waals surface area contributed by atoms with E-state index in [0.717, 1.165) is 43.2 Å². The molecule has 0 amide bonds. The Morgan fingerprint density at radius 2 is 1.75 bits per heavy atom. The molecule has 1 aliphatic carbocycles. The number of methoxy groups -OCH3 is 1. The van der Waals surface area contributed by atoms with E-state index in [1.165, 1.54) is 38.3 Å². The van der Waals surface area contributed by atoms with Crippen molar-refractivity contribution in [2.45, 2.75) is 95.1 Å². The molecule has 1 saturated carbocycles. The van der Waals surface area contributed by atoms with Crippen molar-refractivity contribution in [1.29, 1.82) is 0 Å². The average molecular weight is 628 g/mol. The van der Waals surface area contributed by atoms with Crippen LogP contribution in [0.4, 0.5) is 5.69 Å². The fraction of sp³-hybridized carbons (Fsp3) is 0.500. The molecule has 3 rings (SSSR count). The second kappa shape index (κ2) is 17.5. The summed E-state index contributed by atoms with van der Waals surface area (Å²) in [7, 11) is 1.37. The molecule has 2 aromatic rings. The van der Waals surface area contributed by atoms with E-state index < -0.39 is 17.0 Å². The second-order valence-electron chi connectivity index (χ2n) is 11.1. The quantitative estimate of drug-likeness (QED) is 0.0349. The van der Waals surface area contributed by atoms with Crippen molar-refractivity contribution in [2.24, 2.45) is 5.92 Å². The van der Waals surface area contributed by atoms with E-state index in [4.69, 9.17) is 25.8 Å². The van der Waals surface area contributed by atoms with Crippen molar-refractivity contribution in [3.63, 3.8) is 0 Å². The van der Waals surface area contributed by atoms with Crippen molar-refractivity contribution in [3.8, 4) is 0 Å². The van der Waals surface area contributed by atoms with Gasteiger partial charge in [0.1, 0.15) is 12.2 Å². The van der Waals surface area contributed by atoms with Gasteiger partial charge < -0.3 is 14.2 Å². The van der Waals surface area contributed by atoms with Gasteiger partial charge in [-0.3, -0.25) is 19.7 Å². The molecule has 0 spiro atoms. The summed E-state index contributed by atoms with van der Waals surface area (Å²) >= 11 is 6.89. The predicted molar refractivity (Wildman–Crippen MR) is 168 cm³/mol. The van der Waals surface area contributed by atoms with Crippen LogP contribution in [-0.2, 0) is 23.8 Å². The molecule has 0 saturated heterocycles. The number of rotatable bonds is 16. The van der Waals surface area contributed by atoms with Crippen molar-refractivity contribution in [3.05, 3.63) is 87.5 Å². The molecule has 44 heavy (non-hydrogen) atoms. The van der Waals surface area contributed by atoms with Crippen LogP contribution in [0.2, 0.25) is 0 Å². The second-order valence-corrected chi connectivity index (χ2v) is 11.7. The van der Waals surface area contributed by atoms with Gasteiger partial charge in [-0.05, 0) is 61.3 Å². The van der Waals surface area contributed by atoms with Crippen molar-refractivity contribution in [1.82, 2.24) is 0 Å². The van der Waals surface area contributed by atoms with Gasteiger partial charge in [0.25, 0.3) is 5.69 Å². The highest BCUT2D eigenvalue weighted by Gasteiger charge is 2.45. The first kappa shape index (κ1) is 34.8. The first-order valence-corrected chi connectivity index (χ1v) is 15.7. The SMILES string of the molecule is CCCCCC(OC(C)=O)c1ccc([C@@H]2[C@@H](CC=CCCCC(=O)OC)[C@H](Cl)C[C@@H]2OC(=O)c2ccc([N+](=O)[O-])cc2)cc1. The summed E-state index contributed by atoms with van der Waals surface area (Å²) in [6, 6.07) is 13.2. The fourth-order valence-electron chi connectivity index (χ4n) is 5.69. The molecule has 0 aliphatic heterocycles. The number of non-ortho nitro benzene ring substituents is 1. The van der Waals surface area contributed by atoms with Gasteiger partial charge in [-0.15, -0.1) is 11.6 Å². The summed E-state index contributed by atoms with van der Waals surface area (Å²) in [5.74, 6) is -1.38. The number of carbonyl (C=O) groups is 3. The molecule has 1 unspecified atom stereocenters. The smallest absolute Gasteiger partial charge is 0.338 e. The predicted octanol–water partition coefficient (Wildman–Crippen LogP) is 8.01. The summed E-state index contributed by atoms with van der Waals surface area (Å²) in [6.45, 7) is 3.54. The Morgan fingerprint density at radius 3 is 2.36 bits per heavy atom. The number of allylic oxidation sites excluding steroid dienone is 2. The molecule has 1 aliphatic rings. The van der Waals surface area contributed by atoms with Crippen LogP contribution in [0.1, 0.15) is 105 Å². The Balaban J connectivity index is 1.82. The van der Waals surface area contributed by atoms with E-state index in [9.17, 15) is 24.5 Å². The molecule has 0 aromatic heterocycles. The third-order valence-electron chi connectivity index (χ3n) is 7.98. The van der Waals surface area contributed by atoms with E-state index in [0.29, 0.717) is 25.7 Å². The molecular weight excluding hydrogens is 586 g/mol. The van der Waals surface area contributed by atoms with Gasteiger partial charge in [0, 0.05) is 43.2 Å². The van der Waals surface area contributed by atoms with Crippen LogP contribution >= 0.6 is 11.6 Å². The zero-order chi connectivity index (χ0) is 32.1. The Hall–Kier alpha value is -3.72. The van der Waals surface area contributed by atoms with Crippen LogP contribution in [-0.4, -0.2) is 41.4 Å². The molecular formula is C34H42ClNO8. The Labute approximate surface area is 264 Å². The van der Waals surface area contributed by atoms with Gasteiger partial charge >= 0.3 is 17.9 Å². The number of unbranched alkanes of at least 4 members (excludes halogenated alkanes) is 3. The van der Waals surface area contributed by atoms with E-state index in [-0.39, 0.29) is 46.5 Å². The van der Waals surface area contributed by atoms with Gasteiger partial charge in [0.2, 0.25) is 0 Å². The molecule has 0 radical (unpaired) electrons. The molecule has 0 bridgehead atoms. The van der Waals surface area contributed by atoms with Crippen LogP contribution in [0.15, 0.2) is 60.7 Å². The number of carbonyl (C=O) groups excluding carboxylic acids is 3. The number of hydrogen-bond acceptors (Lipinski definition) is 8. The summed E-state index contributed by atoms with van der Waals surface area (Å²) < 4.78 is 16.3. The molecule has 238 valence electrons. The number of alkyl halides is 1. The largest absolute Gasteiger partial charge is 0.469 e. The zero-order valence-electron chi connectivity index (χ0n) is 25.6. The fourth-order valence-corrected chi connectivity index (χ4v) is 6.13. The van der Waals surface area contributed by atoms with Gasteiger partial charge in [-0.25, -0.2) is 4.79 Å². The minimum absolute atomic E-state index is 0.0390. The molecule has 2 aromatic carbocycles. The van der Waals surface area contributed by atoms with Crippen LogP contribution in [0.5, 0.6) is 0 Å². The van der Waals surface area contributed by atoms with Crippen LogP contribution in [0.25, 0.3) is 0 Å². The summed E-state index contributed by atoms with van der Waals surface area (Å²) in [6.07, 6.45) is 9.88. The number of esters is 3. The minimum atomic E-state index is -0.569. The third-order valence-corrected chi connectivity index (χ3v) is 8.48. The van der Waals surface area contributed by atoms with E-state index >= 15 is 0 Å². The topological polar surface area (TPSA) is 122 Å². The molecule has 1 fully saturated rings. The number of halogens is 1. The molecule has 0 N–H and O–H groups in total. The lowest BCUT2D eigenvalue weighted by molar-refractivity contribution is -0.384. The lowest BCUT2D eigenvalue weighted by Crippen LogP contribution is -2.24. The van der Waals surface area contributed by atoms with Crippen molar-refractivity contribution < 1.29 is 33.5 Å². The molecule has 0 heterocycles. The maximum Gasteiger partial charge on any atom is 0.338 e. The number of ether oxygens (including phenoxy) is 3. The number of benzene rings is 2. The monoisotopic (exact) mass is 627 g/mol. The number of hydrogen-bond donors (Lipinski definition) is 0. The lowest BCUT2D eigenvalue weighted by atomic mass is 9.84.